The first-order valence-corrected chi connectivity index (χ1v) is 6.03. The number of benzene rings is 1. The van der Waals surface area contributed by atoms with E-state index in [1.165, 1.54) is 0 Å². The topological polar surface area (TPSA) is 66.4 Å². The second-order valence-electron chi connectivity index (χ2n) is 4.73. The highest BCUT2D eigenvalue weighted by Gasteiger charge is 2.17. The Bertz CT molecular complexity index is 440. The van der Waals surface area contributed by atoms with Crippen LogP contribution in [0.2, 0.25) is 0 Å². The average Bonchev–Trinajstić information content (AvgIpc) is 2.28. The van der Waals surface area contributed by atoms with Crippen molar-refractivity contribution in [3.63, 3.8) is 0 Å². The van der Waals surface area contributed by atoms with Crippen LogP contribution >= 0.6 is 0 Å². The minimum absolute atomic E-state index is 0.157. The van der Waals surface area contributed by atoms with Crippen LogP contribution in [0.4, 0.5) is 5.69 Å². The quantitative estimate of drug-likeness (QED) is 0.843. The molecular weight excluding hydrogens is 230 g/mol. The maximum Gasteiger partial charge on any atom is 0.304 e. The molecule has 0 aliphatic rings. The monoisotopic (exact) mass is 249 g/mol. The Balaban J connectivity index is 2.78. The Morgan fingerprint density at radius 3 is 2.39 bits per heavy atom. The first-order chi connectivity index (χ1) is 8.41. The molecule has 98 valence electrons. The second-order valence-corrected chi connectivity index (χ2v) is 4.73. The number of aliphatic carboxylic acids is 1. The largest absolute Gasteiger partial charge is 0.481 e. The minimum atomic E-state index is -0.963. The number of carboxylic acid groups (broad SMARTS) is 1. The molecule has 1 unspecified atom stereocenters. The third-order valence-corrected chi connectivity index (χ3v) is 2.77. The van der Waals surface area contributed by atoms with E-state index in [0.717, 1.165) is 11.3 Å². The van der Waals surface area contributed by atoms with Gasteiger partial charge in [0.1, 0.15) is 0 Å². The van der Waals surface area contributed by atoms with Crippen LogP contribution in [-0.2, 0) is 9.59 Å². The van der Waals surface area contributed by atoms with Crippen molar-refractivity contribution in [1.82, 2.24) is 0 Å². The molecule has 1 aromatic rings. The fourth-order valence-corrected chi connectivity index (χ4v) is 1.72. The van der Waals surface area contributed by atoms with Crippen molar-refractivity contribution < 1.29 is 14.7 Å². The molecule has 2 N–H and O–H groups in total. The number of hydrogen-bond acceptors (Lipinski definition) is 2. The number of rotatable bonds is 5. The van der Waals surface area contributed by atoms with Crippen LogP contribution in [0.1, 0.15) is 38.7 Å². The molecule has 0 aliphatic carbocycles. The Kier molecular flexibility index (Phi) is 4.89. The zero-order valence-corrected chi connectivity index (χ0v) is 10.9. The van der Waals surface area contributed by atoms with E-state index in [-0.39, 0.29) is 12.3 Å². The first kappa shape index (κ1) is 14.2. The van der Waals surface area contributed by atoms with Gasteiger partial charge in [0.15, 0.2) is 0 Å². The third-order valence-electron chi connectivity index (χ3n) is 2.77. The number of anilines is 1. The molecule has 0 saturated heterocycles. The molecule has 0 radical (unpaired) electrons. The van der Waals surface area contributed by atoms with Crippen molar-refractivity contribution in [2.45, 2.75) is 33.1 Å². The summed E-state index contributed by atoms with van der Waals surface area (Å²) in [4.78, 5) is 22.4. The molecule has 1 aromatic carbocycles. The number of hydrogen-bond donors (Lipinski definition) is 2. The summed E-state index contributed by atoms with van der Waals surface area (Å²) in [6, 6.07) is 7.57. The molecule has 4 heteroatoms. The molecule has 0 spiro atoms. The third kappa shape index (κ3) is 3.87. The summed E-state index contributed by atoms with van der Waals surface area (Å²) in [5, 5.41) is 11.5. The molecular formula is C14H19NO3. The van der Waals surface area contributed by atoms with Crippen molar-refractivity contribution in [3.05, 3.63) is 29.8 Å². The van der Waals surface area contributed by atoms with Crippen molar-refractivity contribution in [3.8, 4) is 0 Å². The summed E-state index contributed by atoms with van der Waals surface area (Å²) < 4.78 is 0. The summed E-state index contributed by atoms with van der Waals surface area (Å²) >= 11 is 0. The lowest BCUT2D eigenvalue weighted by atomic mass is 10.0. The van der Waals surface area contributed by atoms with Gasteiger partial charge < -0.3 is 10.4 Å². The SMILES string of the molecule is CC(CC(=O)O)C(=O)Nc1ccccc1C(C)C. The Labute approximate surface area is 107 Å². The van der Waals surface area contributed by atoms with Gasteiger partial charge in [-0.15, -0.1) is 0 Å². The highest BCUT2D eigenvalue weighted by molar-refractivity contribution is 5.94. The van der Waals surface area contributed by atoms with Gasteiger partial charge >= 0.3 is 5.97 Å². The number of carbonyl (C=O) groups excluding carboxylic acids is 1. The van der Waals surface area contributed by atoms with Crippen LogP contribution in [0.5, 0.6) is 0 Å². The molecule has 1 atom stereocenters. The van der Waals surface area contributed by atoms with E-state index in [1.807, 2.05) is 38.1 Å². The lowest BCUT2D eigenvalue weighted by Crippen LogP contribution is -2.23. The van der Waals surface area contributed by atoms with Crippen LogP contribution in [0, 0.1) is 5.92 Å². The summed E-state index contributed by atoms with van der Waals surface area (Å²) in [7, 11) is 0. The second kappa shape index (κ2) is 6.19. The fraction of sp³-hybridized carbons (Fsp3) is 0.429. The number of para-hydroxylation sites is 1. The summed E-state index contributed by atoms with van der Waals surface area (Å²) in [6.07, 6.45) is -0.157. The van der Waals surface area contributed by atoms with Gasteiger partial charge in [-0.05, 0) is 17.5 Å². The molecule has 0 saturated carbocycles. The number of carbonyl (C=O) groups is 2. The number of nitrogens with one attached hydrogen (secondary N) is 1. The van der Waals surface area contributed by atoms with Gasteiger partial charge in [0.05, 0.1) is 6.42 Å². The highest BCUT2D eigenvalue weighted by Crippen LogP contribution is 2.24. The predicted molar refractivity (Wildman–Crippen MR) is 70.6 cm³/mol. The van der Waals surface area contributed by atoms with Gasteiger partial charge in [0.25, 0.3) is 0 Å². The number of amides is 1. The van der Waals surface area contributed by atoms with Crippen molar-refractivity contribution in [2.75, 3.05) is 5.32 Å². The molecule has 0 aromatic heterocycles. The molecule has 1 amide bonds. The Morgan fingerprint density at radius 1 is 1.22 bits per heavy atom. The molecule has 0 bridgehead atoms. The van der Waals surface area contributed by atoms with Crippen molar-refractivity contribution >= 4 is 17.6 Å². The van der Waals surface area contributed by atoms with Gasteiger partial charge in [0, 0.05) is 11.6 Å². The average molecular weight is 249 g/mol. The molecule has 0 aliphatic heterocycles. The van der Waals surface area contributed by atoms with Gasteiger partial charge in [-0.3, -0.25) is 9.59 Å². The van der Waals surface area contributed by atoms with Crippen LogP contribution in [0.25, 0.3) is 0 Å². The van der Waals surface area contributed by atoms with E-state index in [1.54, 1.807) is 6.92 Å². The van der Waals surface area contributed by atoms with E-state index in [9.17, 15) is 9.59 Å². The molecule has 0 heterocycles. The number of carboxylic acids is 1. The van der Waals surface area contributed by atoms with Crippen LogP contribution < -0.4 is 5.32 Å². The highest BCUT2D eigenvalue weighted by atomic mass is 16.4. The molecule has 4 nitrogen and oxygen atoms in total. The van der Waals surface area contributed by atoms with Crippen LogP contribution in [0.15, 0.2) is 24.3 Å². The van der Waals surface area contributed by atoms with Gasteiger partial charge in [-0.25, -0.2) is 0 Å². The maximum atomic E-state index is 11.8. The maximum absolute atomic E-state index is 11.8. The van der Waals surface area contributed by atoms with E-state index >= 15 is 0 Å². The van der Waals surface area contributed by atoms with E-state index in [2.05, 4.69) is 5.32 Å². The van der Waals surface area contributed by atoms with Crippen LogP contribution in [0.3, 0.4) is 0 Å². The predicted octanol–water partition coefficient (Wildman–Crippen LogP) is 2.86. The Morgan fingerprint density at radius 2 is 1.83 bits per heavy atom. The molecule has 0 fully saturated rings. The normalized spacial score (nSPS) is 12.2. The van der Waals surface area contributed by atoms with E-state index in [0.29, 0.717) is 5.92 Å². The minimum Gasteiger partial charge on any atom is -0.481 e. The summed E-state index contributed by atoms with van der Waals surface area (Å²) in [5.74, 6) is -1.46. The van der Waals surface area contributed by atoms with Crippen molar-refractivity contribution in [1.29, 1.82) is 0 Å². The lowest BCUT2D eigenvalue weighted by molar-refractivity contribution is -0.139. The zero-order chi connectivity index (χ0) is 13.7. The molecule has 18 heavy (non-hydrogen) atoms. The fourth-order valence-electron chi connectivity index (χ4n) is 1.72. The summed E-state index contributed by atoms with van der Waals surface area (Å²) in [5.41, 5.74) is 1.81. The van der Waals surface area contributed by atoms with E-state index < -0.39 is 11.9 Å². The Hall–Kier alpha value is -1.84. The smallest absolute Gasteiger partial charge is 0.304 e. The van der Waals surface area contributed by atoms with Crippen molar-refractivity contribution in [2.24, 2.45) is 5.92 Å². The van der Waals surface area contributed by atoms with Gasteiger partial charge in [0.2, 0.25) is 5.91 Å². The van der Waals surface area contributed by atoms with Gasteiger partial charge in [-0.2, -0.15) is 0 Å². The zero-order valence-electron chi connectivity index (χ0n) is 10.9. The standard InChI is InChI=1S/C14H19NO3/c1-9(2)11-6-4-5-7-12(11)15-14(18)10(3)8-13(16)17/h4-7,9-10H,8H2,1-3H3,(H,15,18)(H,16,17). The lowest BCUT2D eigenvalue weighted by Gasteiger charge is -2.15. The van der Waals surface area contributed by atoms with E-state index in [4.69, 9.17) is 5.11 Å². The van der Waals surface area contributed by atoms with Crippen LogP contribution in [-0.4, -0.2) is 17.0 Å². The summed E-state index contributed by atoms with van der Waals surface area (Å²) in [6.45, 7) is 5.71. The first-order valence-electron chi connectivity index (χ1n) is 6.03. The molecule has 1 rings (SSSR count). The van der Waals surface area contributed by atoms with Gasteiger partial charge in [-0.1, -0.05) is 39.0 Å².